The van der Waals surface area contributed by atoms with E-state index in [0.29, 0.717) is 37.4 Å². The molecule has 0 unspecified atom stereocenters. The summed E-state index contributed by atoms with van der Waals surface area (Å²) in [5.41, 5.74) is 20.0. The molecule has 0 bridgehead atoms. The van der Waals surface area contributed by atoms with Gasteiger partial charge < -0.3 is 17.2 Å². The fraction of sp³-hybridized carbons (Fsp3) is 0.706. The molecular weight excluding hydrogens is 467 g/mol. The zero-order chi connectivity index (χ0) is 19.8. The van der Waals surface area contributed by atoms with Gasteiger partial charge in [-0.2, -0.15) is 0 Å². The van der Waals surface area contributed by atoms with E-state index in [-0.39, 0.29) is 26.2 Å². The van der Waals surface area contributed by atoms with Crippen LogP contribution in [-0.4, -0.2) is 34.3 Å². The Kier molecular flexibility index (Phi) is 27.4. The zero-order valence-electron chi connectivity index (χ0n) is 16.3. The summed E-state index contributed by atoms with van der Waals surface area (Å²) in [4.78, 5) is 0. The molecule has 0 aliphatic carbocycles. The van der Waals surface area contributed by atoms with Crippen molar-refractivity contribution in [1.82, 2.24) is 0 Å². The summed E-state index contributed by atoms with van der Waals surface area (Å²) >= 11 is -5.94. The number of hydrogen-bond acceptors (Lipinski definition) is 0. The van der Waals surface area contributed by atoms with E-state index in [4.69, 9.17) is 17.2 Å². The molecule has 0 saturated heterocycles. The van der Waals surface area contributed by atoms with Crippen LogP contribution in [0.25, 0.3) is 17.2 Å². The van der Waals surface area contributed by atoms with Gasteiger partial charge in [0, 0.05) is 0 Å². The third-order valence-electron chi connectivity index (χ3n) is 2.21. The summed E-state index contributed by atoms with van der Waals surface area (Å²) in [7, 11) is 0. The molecular formula is C17H34F3GeN3Zr. The predicted molar refractivity (Wildman–Crippen MR) is 103 cm³/mol. The monoisotopic (exact) mass is 501 g/mol. The molecule has 146 valence electrons. The number of rotatable bonds is 4. The minimum atomic E-state index is -5.94. The Morgan fingerprint density at radius 1 is 0.720 bits per heavy atom. The second kappa shape index (κ2) is 20.8. The molecule has 0 aliphatic heterocycles. The van der Waals surface area contributed by atoms with Gasteiger partial charge in [0.15, 0.2) is 0 Å². The van der Waals surface area contributed by atoms with Crippen molar-refractivity contribution in [2.45, 2.75) is 41.5 Å². The van der Waals surface area contributed by atoms with Crippen LogP contribution >= 0.6 is 0 Å². The molecule has 0 amide bonds. The summed E-state index contributed by atoms with van der Waals surface area (Å²) in [6.45, 7) is 13.9. The van der Waals surface area contributed by atoms with Crippen molar-refractivity contribution in [1.29, 1.82) is 0 Å². The molecule has 0 spiro atoms. The quantitative estimate of drug-likeness (QED) is 0.332. The van der Waals surface area contributed by atoms with Crippen molar-refractivity contribution in [3.05, 3.63) is 41.5 Å². The van der Waals surface area contributed by atoms with E-state index in [1.54, 1.807) is 0 Å². The van der Waals surface area contributed by atoms with Crippen molar-refractivity contribution >= 4 is 19.1 Å². The normalized spacial score (nSPS) is 10.0. The van der Waals surface area contributed by atoms with Crippen LogP contribution in [0.2, 0.25) is 0 Å². The largest absolute Gasteiger partial charge is 4.00 e. The van der Waals surface area contributed by atoms with E-state index >= 15 is 0 Å². The van der Waals surface area contributed by atoms with E-state index in [1.807, 2.05) is 41.5 Å². The van der Waals surface area contributed by atoms with Crippen LogP contribution in [0.5, 0.6) is 0 Å². The van der Waals surface area contributed by atoms with E-state index in [2.05, 4.69) is 0 Å². The van der Waals surface area contributed by atoms with Crippen molar-refractivity contribution < 1.29 is 36.7 Å². The average molecular weight is 501 g/mol. The second-order valence-electron chi connectivity index (χ2n) is 6.47. The Bertz CT molecular complexity index is 324. The van der Waals surface area contributed by atoms with Gasteiger partial charge in [-0.25, -0.2) is 0 Å². The Morgan fingerprint density at radius 2 is 0.920 bits per heavy atom. The molecule has 0 radical (unpaired) electrons. The minimum Gasteiger partial charge on any atom is 4.00 e. The Balaban J connectivity index is -0.000000122. The topological polar surface area (TPSA) is 71.4 Å². The third-order valence-corrected chi connectivity index (χ3v) is 4.29. The van der Waals surface area contributed by atoms with E-state index in [0.717, 1.165) is 12.1 Å². The summed E-state index contributed by atoms with van der Waals surface area (Å²) in [6, 6.07) is 5.07. The maximum Gasteiger partial charge on any atom is 4.00 e. The maximum absolute atomic E-state index is 11.8. The molecule has 0 aliphatic rings. The molecule has 0 fully saturated rings. The van der Waals surface area contributed by atoms with Gasteiger partial charge in [-0.1, -0.05) is 59.3 Å². The van der Waals surface area contributed by atoms with Crippen LogP contribution in [0, 0.1) is 17.8 Å². The van der Waals surface area contributed by atoms with Crippen LogP contribution in [0.3, 0.4) is 0 Å². The summed E-state index contributed by atoms with van der Waals surface area (Å²) in [5.74, 6) is 1.65. The molecule has 8 heteroatoms. The van der Waals surface area contributed by atoms with Gasteiger partial charge in [-0.15, -0.1) is 19.6 Å². The first-order valence-electron chi connectivity index (χ1n) is 8.14. The summed E-state index contributed by atoms with van der Waals surface area (Å²) < 4.78 is 35.0. The van der Waals surface area contributed by atoms with Gasteiger partial charge in [-0.3, -0.25) is 0 Å². The first kappa shape index (κ1) is 33.1. The second-order valence-corrected chi connectivity index (χ2v) is 9.77. The Morgan fingerprint density at radius 3 is 1.00 bits per heavy atom. The zero-order valence-corrected chi connectivity index (χ0v) is 20.9. The van der Waals surface area contributed by atoms with Gasteiger partial charge in [0.2, 0.25) is 0 Å². The minimum absolute atomic E-state index is 0. The number of hydrogen-bond donors (Lipinski definition) is 0. The molecule has 0 atom stereocenters. The first-order valence-corrected chi connectivity index (χ1v) is 11.6. The molecule has 3 N–H and O–H groups in total. The SMILES string of the molecule is CC(C)C[NH-].CC(C)C[NH-].CC(C)C[NH-].[F][Ge]([F])([F])[c-]1cccc1.[Zr+4]. The van der Waals surface area contributed by atoms with Gasteiger partial charge in [-0.05, 0) is 0 Å². The van der Waals surface area contributed by atoms with Gasteiger partial charge in [0.05, 0.1) is 0 Å². The van der Waals surface area contributed by atoms with Crippen molar-refractivity contribution in [3.63, 3.8) is 0 Å². The van der Waals surface area contributed by atoms with Crippen LogP contribution < -0.4 is 4.40 Å². The smallest absolute Gasteiger partial charge is 4.00 e. The summed E-state index contributed by atoms with van der Waals surface area (Å²) in [6.07, 6.45) is 0. The van der Waals surface area contributed by atoms with Gasteiger partial charge in [0.1, 0.15) is 0 Å². The fourth-order valence-electron chi connectivity index (χ4n) is 0.563. The molecule has 25 heavy (non-hydrogen) atoms. The fourth-order valence-corrected chi connectivity index (χ4v) is 1.76. The van der Waals surface area contributed by atoms with E-state index in [9.17, 15) is 10.5 Å². The van der Waals surface area contributed by atoms with Crippen molar-refractivity contribution in [3.8, 4) is 0 Å². The van der Waals surface area contributed by atoms with E-state index < -0.39 is 19.1 Å². The molecule has 1 aromatic carbocycles. The van der Waals surface area contributed by atoms with E-state index in [1.165, 1.54) is 12.1 Å². The molecule has 0 aromatic heterocycles. The van der Waals surface area contributed by atoms with Crippen molar-refractivity contribution in [2.24, 2.45) is 17.8 Å². The molecule has 1 aromatic rings. The number of halogens is 3. The molecule has 1 rings (SSSR count). The number of nitrogens with one attached hydrogen (secondary N) is 3. The Hall–Kier alpha value is 0.446. The molecule has 0 saturated carbocycles. The van der Waals surface area contributed by atoms with Crippen LogP contribution in [-0.2, 0) is 26.2 Å². The maximum atomic E-state index is 11.8. The third kappa shape index (κ3) is 32.6. The Labute approximate surface area is 175 Å². The predicted octanol–water partition coefficient (Wildman–Crippen LogP) is 6.54. The van der Waals surface area contributed by atoms with Crippen LogP contribution in [0.15, 0.2) is 24.3 Å². The standard InChI is InChI=1S/C5H4F3Ge.3C4H10N.Zr/c6-9(7,8)5-3-1-2-4-5;3*1-4(2)3-5;/h1-4H;3*4-5H,3H2,1-2H3;/q4*-1;+4. The van der Waals surface area contributed by atoms with Gasteiger partial charge >= 0.3 is 80.0 Å². The first-order chi connectivity index (χ1) is 10.9. The van der Waals surface area contributed by atoms with Gasteiger partial charge in [0.25, 0.3) is 0 Å². The van der Waals surface area contributed by atoms with Crippen LogP contribution in [0.4, 0.5) is 10.5 Å². The summed E-state index contributed by atoms with van der Waals surface area (Å²) in [5, 5.41) is 0. The molecule has 3 nitrogen and oxygen atoms in total. The van der Waals surface area contributed by atoms with Crippen LogP contribution in [0.1, 0.15) is 41.5 Å². The molecule has 0 heterocycles. The average Bonchev–Trinajstić information content (AvgIpc) is 3.03. The van der Waals surface area contributed by atoms with Crippen molar-refractivity contribution in [2.75, 3.05) is 19.6 Å².